The normalized spacial score (nSPS) is 20.1. The molecule has 1 aliphatic carbocycles. The third-order valence-corrected chi connectivity index (χ3v) is 8.70. The molecule has 5 rings (SSSR count). The van der Waals surface area contributed by atoms with Crippen LogP contribution in [0.1, 0.15) is 22.1 Å². The first-order valence-corrected chi connectivity index (χ1v) is 11.4. The zero-order chi connectivity index (χ0) is 17.7. The summed E-state index contributed by atoms with van der Waals surface area (Å²) in [5.74, 6) is 0.826. The summed E-state index contributed by atoms with van der Waals surface area (Å²) in [6.45, 7) is 0.561. The summed E-state index contributed by atoms with van der Waals surface area (Å²) in [6.07, 6.45) is 1.73. The van der Waals surface area contributed by atoms with Gasteiger partial charge in [-0.2, -0.15) is 4.31 Å². The quantitative estimate of drug-likeness (QED) is 0.676. The molecule has 1 fully saturated rings. The van der Waals surface area contributed by atoms with Crippen molar-refractivity contribution in [2.24, 2.45) is 0 Å². The Morgan fingerprint density at radius 1 is 0.923 bits per heavy atom. The van der Waals surface area contributed by atoms with Crippen LogP contribution in [-0.4, -0.2) is 25.0 Å². The Balaban J connectivity index is 1.63. The Bertz CT molecular complexity index is 1090. The molecule has 1 saturated heterocycles. The number of hydrogen-bond acceptors (Lipinski definition) is 3. The standard InChI is InChI=1S/C21H19NO2S2/c23-26(24,22-13-14-25-21(22)17-5-2-1-3-6-17)19-12-10-16-8-4-7-15-9-11-18(19)20(15)16/h1-8,10,12,21H,9,11,13-14H2/t21-/m1/s1. The number of rotatable bonds is 3. The van der Waals surface area contributed by atoms with Gasteiger partial charge in [0.1, 0.15) is 0 Å². The average molecular weight is 382 g/mol. The van der Waals surface area contributed by atoms with E-state index in [4.69, 9.17) is 0 Å². The van der Waals surface area contributed by atoms with Gasteiger partial charge < -0.3 is 0 Å². The lowest BCUT2D eigenvalue weighted by Crippen LogP contribution is -2.31. The largest absolute Gasteiger partial charge is 0.244 e. The van der Waals surface area contributed by atoms with E-state index in [-0.39, 0.29) is 5.37 Å². The van der Waals surface area contributed by atoms with Gasteiger partial charge in [0, 0.05) is 12.3 Å². The van der Waals surface area contributed by atoms with Crippen molar-refractivity contribution < 1.29 is 8.42 Å². The molecule has 0 bridgehead atoms. The first kappa shape index (κ1) is 16.4. The lowest BCUT2D eigenvalue weighted by atomic mass is 10.1. The minimum absolute atomic E-state index is 0.138. The molecular formula is C21H19NO2S2. The summed E-state index contributed by atoms with van der Waals surface area (Å²) >= 11 is 1.70. The fourth-order valence-corrected chi connectivity index (χ4v) is 7.68. The topological polar surface area (TPSA) is 37.4 Å². The molecule has 5 heteroatoms. The zero-order valence-electron chi connectivity index (χ0n) is 14.3. The van der Waals surface area contributed by atoms with Crippen LogP contribution in [0.15, 0.2) is 65.6 Å². The van der Waals surface area contributed by atoms with E-state index in [1.54, 1.807) is 16.1 Å². The van der Waals surface area contributed by atoms with Crippen LogP contribution in [0.4, 0.5) is 0 Å². The van der Waals surface area contributed by atoms with Gasteiger partial charge in [-0.3, -0.25) is 0 Å². The van der Waals surface area contributed by atoms with E-state index in [0.717, 1.165) is 40.5 Å². The number of hydrogen-bond donors (Lipinski definition) is 0. The van der Waals surface area contributed by atoms with E-state index < -0.39 is 10.0 Å². The number of aryl methyl sites for hydroxylation is 2. The predicted octanol–water partition coefficient (Wildman–Crippen LogP) is 4.37. The molecule has 1 aliphatic heterocycles. The van der Waals surface area contributed by atoms with Crippen molar-refractivity contribution in [3.63, 3.8) is 0 Å². The summed E-state index contributed by atoms with van der Waals surface area (Å²) in [6, 6.07) is 20.0. The molecule has 3 nitrogen and oxygen atoms in total. The van der Waals surface area contributed by atoms with Gasteiger partial charge in [0.25, 0.3) is 0 Å². The first-order valence-electron chi connectivity index (χ1n) is 8.88. The Morgan fingerprint density at radius 3 is 2.62 bits per heavy atom. The van der Waals surface area contributed by atoms with Crippen LogP contribution in [0.2, 0.25) is 0 Å². The van der Waals surface area contributed by atoms with Crippen LogP contribution in [0.5, 0.6) is 0 Å². The second kappa shape index (κ2) is 6.12. The van der Waals surface area contributed by atoms with Crippen LogP contribution >= 0.6 is 11.8 Å². The van der Waals surface area contributed by atoms with Crippen molar-refractivity contribution in [3.8, 4) is 0 Å². The number of sulfonamides is 1. The van der Waals surface area contributed by atoms with Crippen molar-refractivity contribution in [2.45, 2.75) is 23.1 Å². The number of nitrogens with zero attached hydrogens (tertiary/aromatic N) is 1. The Morgan fingerprint density at radius 2 is 1.77 bits per heavy atom. The van der Waals surface area contributed by atoms with Crippen LogP contribution in [0, 0.1) is 0 Å². The molecule has 0 radical (unpaired) electrons. The van der Waals surface area contributed by atoms with E-state index in [1.807, 2.05) is 42.5 Å². The molecule has 26 heavy (non-hydrogen) atoms. The minimum atomic E-state index is -3.52. The monoisotopic (exact) mass is 381 g/mol. The van der Waals surface area contributed by atoms with Gasteiger partial charge in [-0.15, -0.1) is 11.8 Å². The van der Waals surface area contributed by atoms with Gasteiger partial charge in [-0.05, 0) is 46.4 Å². The highest BCUT2D eigenvalue weighted by molar-refractivity contribution is 8.01. The van der Waals surface area contributed by atoms with Crippen molar-refractivity contribution >= 4 is 32.6 Å². The lowest BCUT2D eigenvalue weighted by Gasteiger charge is -2.24. The Labute approximate surface area is 158 Å². The third kappa shape index (κ3) is 2.42. The molecule has 1 atom stereocenters. The molecule has 132 valence electrons. The fraction of sp³-hybridized carbons (Fsp3) is 0.238. The smallest absolute Gasteiger partial charge is 0.207 e. The van der Waals surface area contributed by atoms with Crippen molar-refractivity contribution in [1.82, 2.24) is 4.31 Å². The molecule has 0 spiro atoms. The summed E-state index contributed by atoms with van der Waals surface area (Å²) in [7, 11) is -3.52. The van der Waals surface area contributed by atoms with Gasteiger partial charge in [-0.1, -0.05) is 54.6 Å². The molecule has 0 unspecified atom stereocenters. The van der Waals surface area contributed by atoms with Crippen molar-refractivity contribution in [1.29, 1.82) is 0 Å². The molecule has 1 heterocycles. The molecule has 0 N–H and O–H groups in total. The Hall–Kier alpha value is -1.82. The van der Waals surface area contributed by atoms with Crippen molar-refractivity contribution in [3.05, 3.63) is 77.4 Å². The van der Waals surface area contributed by atoms with E-state index >= 15 is 0 Å². The maximum atomic E-state index is 13.6. The number of benzene rings is 3. The van der Waals surface area contributed by atoms with Gasteiger partial charge in [-0.25, -0.2) is 8.42 Å². The van der Waals surface area contributed by atoms with Crippen LogP contribution in [0.25, 0.3) is 10.8 Å². The fourth-order valence-electron chi connectivity index (χ4n) is 4.18. The lowest BCUT2D eigenvalue weighted by molar-refractivity contribution is 0.434. The molecule has 0 aromatic heterocycles. The van der Waals surface area contributed by atoms with Crippen molar-refractivity contribution in [2.75, 3.05) is 12.3 Å². The van der Waals surface area contributed by atoms with Gasteiger partial charge in [0.05, 0.1) is 10.3 Å². The maximum Gasteiger partial charge on any atom is 0.244 e. The molecule has 2 aliphatic rings. The first-order chi connectivity index (χ1) is 12.7. The van der Waals surface area contributed by atoms with Crippen LogP contribution in [0.3, 0.4) is 0 Å². The zero-order valence-corrected chi connectivity index (χ0v) is 15.9. The molecule has 0 saturated carbocycles. The highest BCUT2D eigenvalue weighted by atomic mass is 32.2. The average Bonchev–Trinajstić information content (AvgIpc) is 3.32. The molecule has 3 aromatic rings. The van der Waals surface area contributed by atoms with Gasteiger partial charge in [0.2, 0.25) is 10.0 Å². The second-order valence-electron chi connectivity index (χ2n) is 6.81. The highest BCUT2D eigenvalue weighted by Gasteiger charge is 2.38. The van der Waals surface area contributed by atoms with E-state index in [0.29, 0.717) is 11.4 Å². The SMILES string of the molecule is O=S(=O)(c1ccc2cccc3c2c1CC3)N1CCS[C@@H]1c1ccccc1. The molecule has 0 amide bonds. The Kier molecular flexibility index (Phi) is 3.85. The van der Waals surface area contributed by atoms with Crippen LogP contribution in [-0.2, 0) is 22.9 Å². The second-order valence-corrected chi connectivity index (χ2v) is 9.85. The van der Waals surface area contributed by atoms with Gasteiger partial charge >= 0.3 is 0 Å². The molecule has 3 aromatic carbocycles. The molecular weight excluding hydrogens is 362 g/mol. The minimum Gasteiger partial charge on any atom is -0.207 e. The summed E-state index contributed by atoms with van der Waals surface area (Å²) < 4.78 is 28.8. The summed E-state index contributed by atoms with van der Waals surface area (Å²) in [5.41, 5.74) is 3.32. The summed E-state index contributed by atoms with van der Waals surface area (Å²) in [4.78, 5) is 0.499. The highest BCUT2D eigenvalue weighted by Crippen LogP contribution is 2.43. The van der Waals surface area contributed by atoms with E-state index in [1.165, 1.54) is 5.56 Å². The number of thioether (sulfide) groups is 1. The summed E-state index contributed by atoms with van der Waals surface area (Å²) in [5, 5.41) is 2.15. The van der Waals surface area contributed by atoms with Gasteiger partial charge in [0.15, 0.2) is 0 Å². The maximum absolute atomic E-state index is 13.6. The van der Waals surface area contributed by atoms with E-state index in [2.05, 4.69) is 18.2 Å². The van der Waals surface area contributed by atoms with Crippen LogP contribution < -0.4 is 0 Å². The third-order valence-electron chi connectivity index (χ3n) is 5.36. The predicted molar refractivity (Wildman–Crippen MR) is 107 cm³/mol. The van der Waals surface area contributed by atoms with E-state index in [9.17, 15) is 8.42 Å².